The molecule has 0 aliphatic heterocycles. The van der Waals surface area contributed by atoms with Crippen LogP contribution in [0.5, 0.6) is 0 Å². The highest BCUT2D eigenvalue weighted by molar-refractivity contribution is 6.49. The fraction of sp³-hybridized carbons (Fsp3) is 0.200. The van der Waals surface area contributed by atoms with Crippen LogP contribution in [0.3, 0.4) is 0 Å². The van der Waals surface area contributed by atoms with Crippen molar-refractivity contribution in [2.75, 3.05) is 6.54 Å². The van der Waals surface area contributed by atoms with Crippen LogP contribution in [0.4, 0.5) is 0 Å². The van der Waals surface area contributed by atoms with Crippen LogP contribution >= 0.6 is 23.2 Å². The molecule has 0 bridgehead atoms. The molecule has 2 N–H and O–H groups in total. The standard InChI is InChI=1S/C10H11Cl2N/c11-10(12)9(6-7-13)8-4-2-1-3-5-8/h1-6,10H,7,13H2. The Morgan fingerprint density at radius 3 is 2.38 bits per heavy atom. The van der Waals surface area contributed by atoms with Gasteiger partial charge in [0.25, 0.3) is 0 Å². The molecular formula is C10H11Cl2N. The van der Waals surface area contributed by atoms with Crippen LogP contribution in [0.15, 0.2) is 36.4 Å². The van der Waals surface area contributed by atoms with Crippen LogP contribution in [0.1, 0.15) is 5.56 Å². The summed E-state index contributed by atoms with van der Waals surface area (Å²) in [5, 5.41) is 0. The number of benzene rings is 1. The second-order valence-corrected chi connectivity index (χ2v) is 3.66. The lowest BCUT2D eigenvalue weighted by molar-refractivity contribution is 1.25. The van der Waals surface area contributed by atoms with Gasteiger partial charge in [-0.05, 0) is 11.1 Å². The molecule has 1 aromatic carbocycles. The molecule has 13 heavy (non-hydrogen) atoms. The van der Waals surface area contributed by atoms with Gasteiger partial charge in [0.15, 0.2) is 0 Å². The van der Waals surface area contributed by atoms with Crippen LogP contribution in [0.25, 0.3) is 5.57 Å². The van der Waals surface area contributed by atoms with E-state index in [0.29, 0.717) is 6.54 Å². The molecule has 0 amide bonds. The zero-order valence-corrected chi connectivity index (χ0v) is 8.59. The van der Waals surface area contributed by atoms with E-state index < -0.39 is 4.84 Å². The van der Waals surface area contributed by atoms with Gasteiger partial charge in [-0.1, -0.05) is 36.4 Å². The smallest absolute Gasteiger partial charge is 0.133 e. The number of rotatable bonds is 3. The minimum Gasteiger partial charge on any atom is -0.327 e. The highest BCUT2D eigenvalue weighted by Gasteiger charge is 2.08. The van der Waals surface area contributed by atoms with Gasteiger partial charge in [0.05, 0.1) is 0 Å². The Kier molecular flexibility index (Phi) is 4.29. The highest BCUT2D eigenvalue weighted by Crippen LogP contribution is 2.24. The lowest BCUT2D eigenvalue weighted by Crippen LogP contribution is -2.00. The van der Waals surface area contributed by atoms with Crippen LogP contribution in [0.2, 0.25) is 0 Å². The minimum atomic E-state index is -0.522. The molecule has 1 nitrogen and oxygen atoms in total. The van der Waals surface area contributed by atoms with Crippen LogP contribution in [0, 0.1) is 0 Å². The first kappa shape index (κ1) is 10.6. The first-order valence-corrected chi connectivity index (χ1v) is 4.86. The van der Waals surface area contributed by atoms with E-state index in [9.17, 15) is 0 Å². The predicted octanol–water partition coefficient (Wildman–Crippen LogP) is 2.83. The van der Waals surface area contributed by atoms with E-state index in [1.165, 1.54) is 0 Å². The number of alkyl halides is 2. The molecule has 0 heterocycles. The zero-order valence-electron chi connectivity index (χ0n) is 7.08. The average molecular weight is 216 g/mol. The molecule has 0 radical (unpaired) electrons. The summed E-state index contributed by atoms with van der Waals surface area (Å²) in [4.78, 5) is -0.522. The Morgan fingerprint density at radius 1 is 1.31 bits per heavy atom. The monoisotopic (exact) mass is 215 g/mol. The molecule has 0 aromatic heterocycles. The molecular weight excluding hydrogens is 205 g/mol. The van der Waals surface area contributed by atoms with Crippen molar-refractivity contribution in [3.05, 3.63) is 42.0 Å². The van der Waals surface area contributed by atoms with E-state index >= 15 is 0 Å². The van der Waals surface area contributed by atoms with Crippen molar-refractivity contribution < 1.29 is 0 Å². The van der Waals surface area contributed by atoms with Gasteiger partial charge in [-0.2, -0.15) is 0 Å². The van der Waals surface area contributed by atoms with Crippen LogP contribution < -0.4 is 5.73 Å². The number of hydrogen-bond donors (Lipinski definition) is 1. The maximum atomic E-state index is 5.80. The molecule has 0 aliphatic rings. The second kappa shape index (κ2) is 5.28. The summed E-state index contributed by atoms with van der Waals surface area (Å²) in [7, 11) is 0. The van der Waals surface area contributed by atoms with Gasteiger partial charge in [-0.15, -0.1) is 23.2 Å². The Labute approximate surface area is 88.1 Å². The maximum Gasteiger partial charge on any atom is 0.133 e. The lowest BCUT2D eigenvalue weighted by atomic mass is 10.1. The van der Waals surface area contributed by atoms with E-state index in [1.54, 1.807) is 0 Å². The van der Waals surface area contributed by atoms with Crippen LogP contribution in [-0.4, -0.2) is 11.4 Å². The normalized spacial score (nSPS) is 12.2. The third kappa shape index (κ3) is 3.03. The van der Waals surface area contributed by atoms with E-state index in [-0.39, 0.29) is 0 Å². The summed E-state index contributed by atoms with van der Waals surface area (Å²) >= 11 is 11.6. The fourth-order valence-corrected chi connectivity index (χ4v) is 1.52. The Bertz CT molecular complexity index is 280. The Hall–Kier alpha value is -0.500. The summed E-state index contributed by atoms with van der Waals surface area (Å²) in [6.45, 7) is 0.445. The SMILES string of the molecule is NCC=C(c1ccccc1)C(Cl)Cl. The van der Waals surface area contributed by atoms with E-state index in [4.69, 9.17) is 28.9 Å². The highest BCUT2D eigenvalue weighted by atomic mass is 35.5. The van der Waals surface area contributed by atoms with Crippen molar-refractivity contribution in [2.24, 2.45) is 5.73 Å². The van der Waals surface area contributed by atoms with E-state index in [0.717, 1.165) is 11.1 Å². The molecule has 0 atom stereocenters. The molecule has 3 heteroatoms. The molecule has 0 saturated heterocycles. The van der Waals surface area contributed by atoms with Gasteiger partial charge in [0.1, 0.15) is 4.84 Å². The van der Waals surface area contributed by atoms with Crippen molar-refractivity contribution in [3.8, 4) is 0 Å². The third-order valence-corrected chi connectivity index (χ3v) is 2.15. The predicted molar refractivity (Wildman–Crippen MR) is 59.0 cm³/mol. The third-order valence-electron chi connectivity index (χ3n) is 1.68. The number of allylic oxidation sites excluding steroid dienone is 1. The summed E-state index contributed by atoms with van der Waals surface area (Å²) in [6.07, 6.45) is 1.83. The van der Waals surface area contributed by atoms with E-state index in [1.807, 2.05) is 36.4 Å². The first-order chi connectivity index (χ1) is 6.25. The van der Waals surface area contributed by atoms with Gasteiger partial charge in [0, 0.05) is 6.54 Å². The topological polar surface area (TPSA) is 26.0 Å². The van der Waals surface area contributed by atoms with Crippen molar-refractivity contribution in [3.63, 3.8) is 0 Å². The molecule has 0 fully saturated rings. The molecule has 0 aliphatic carbocycles. The number of hydrogen-bond acceptors (Lipinski definition) is 1. The maximum absolute atomic E-state index is 5.80. The first-order valence-electron chi connectivity index (χ1n) is 3.99. The average Bonchev–Trinajstić information content (AvgIpc) is 2.15. The summed E-state index contributed by atoms with van der Waals surface area (Å²) in [5.74, 6) is 0. The molecule has 70 valence electrons. The minimum absolute atomic E-state index is 0.445. The number of nitrogens with two attached hydrogens (primary N) is 1. The second-order valence-electron chi connectivity index (χ2n) is 2.56. The quantitative estimate of drug-likeness (QED) is 0.772. The van der Waals surface area contributed by atoms with Gasteiger partial charge >= 0.3 is 0 Å². The van der Waals surface area contributed by atoms with Gasteiger partial charge < -0.3 is 5.73 Å². The molecule has 0 unspecified atom stereocenters. The summed E-state index contributed by atoms with van der Waals surface area (Å²) in [5.41, 5.74) is 7.29. The molecule has 1 aromatic rings. The van der Waals surface area contributed by atoms with Crippen molar-refractivity contribution in [1.29, 1.82) is 0 Å². The van der Waals surface area contributed by atoms with Gasteiger partial charge in [0.2, 0.25) is 0 Å². The van der Waals surface area contributed by atoms with Crippen LogP contribution in [-0.2, 0) is 0 Å². The van der Waals surface area contributed by atoms with Crippen molar-refractivity contribution >= 4 is 28.8 Å². The zero-order chi connectivity index (χ0) is 9.68. The van der Waals surface area contributed by atoms with E-state index in [2.05, 4.69) is 0 Å². The molecule has 1 rings (SSSR count). The lowest BCUT2D eigenvalue weighted by Gasteiger charge is -2.07. The van der Waals surface area contributed by atoms with Gasteiger partial charge in [-0.25, -0.2) is 0 Å². The summed E-state index contributed by atoms with van der Waals surface area (Å²) < 4.78 is 0. The molecule has 0 spiro atoms. The molecule has 0 saturated carbocycles. The fourth-order valence-electron chi connectivity index (χ4n) is 1.09. The number of halogens is 2. The largest absolute Gasteiger partial charge is 0.327 e. The van der Waals surface area contributed by atoms with Crippen molar-refractivity contribution in [2.45, 2.75) is 4.84 Å². The Morgan fingerprint density at radius 2 is 1.92 bits per heavy atom. The summed E-state index contributed by atoms with van der Waals surface area (Å²) in [6, 6.07) is 9.74. The Balaban J connectivity index is 2.96. The van der Waals surface area contributed by atoms with Gasteiger partial charge in [-0.3, -0.25) is 0 Å². The van der Waals surface area contributed by atoms with Crippen molar-refractivity contribution in [1.82, 2.24) is 0 Å².